The summed E-state index contributed by atoms with van der Waals surface area (Å²) in [6.45, 7) is 1.83. The molecule has 0 aromatic heterocycles. The Kier molecular flexibility index (Phi) is 9.86. The molecule has 0 aliphatic rings. The fourth-order valence-corrected chi connectivity index (χ4v) is 0.693. The van der Waals surface area contributed by atoms with Gasteiger partial charge in [0.1, 0.15) is 6.61 Å². The van der Waals surface area contributed by atoms with Crippen molar-refractivity contribution in [2.45, 2.75) is 19.3 Å². The molecule has 0 saturated carbocycles. The highest BCUT2D eigenvalue weighted by Gasteiger charge is 1.84. The maximum Gasteiger partial charge on any atom is 0.129 e. The van der Waals surface area contributed by atoms with Crippen molar-refractivity contribution in [3.05, 3.63) is 0 Å². The van der Waals surface area contributed by atoms with Crippen molar-refractivity contribution in [3.8, 4) is 0 Å². The molecule has 0 aliphatic carbocycles. The molecule has 0 heterocycles. The van der Waals surface area contributed by atoms with E-state index in [0.717, 1.165) is 25.9 Å². The molecule has 0 amide bonds. The fraction of sp³-hybridized carbons (Fsp3) is 0.875. The normalized spacial score (nSPS) is 10.8. The average molecular weight is 174 g/mol. The lowest BCUT2D eigenvalue weighted by molar-refractivity contribution is 0.153. The molecule has 0 bridgehead atoms. The van der Waals surface area contributed by atoms with Gasteiger partial charge in [0.15, 0.2) is 0 Å². The Labute approximate surface area is 73.7 Å². The van der Waals surface area contributed by atoms with Crippen LogP contribution in [-0.2, 0) is 9.57 Å². The van der Waals surface area contributed by atoms with E-state index < -0.39 is 0 Å². The van der Waals surface area contributed by atoms with Crippen LogP contribution in [-0.4, -0.2) is 33.1 Å². The minimum absolute atomic E-state index is 0.495. The number of nitrogens with two attached hydrogens (primary N) is 1. The molecule has 0 saturated heterocycles. The van der Waals surface area contributed by atoms with Gasteiger partial charge in [-0.05, 0) is 19.3 Å². The first-order chi connectivity index (χ1) is 5.91. The monoisotopic (exact) mass is 174 g/mol. The van der Waals surface area contributed by atoms with E-state index in [4.69, 9.17) is 15.3 Å². The molecule has 12 heavy (non-hydrogen) atoms. The predicted molar refractivity (Wildman–Crippen MR) is 49.2 cm³/mol. The molecule has 0 radical (unpaired) electrons. The Hall–Kier alpha value is -0.610. The first-order valence-corrected chi connectivity index (χ1v) is 4.24. The fourth-order valence-electron chi connectivity index (χ4n) is 0.693. The van der Waals surface area contributed by atoms with Gasteiger partial charge >= 0.3 is 0 Å². The van der Waals surface area contributed by atoms with Crippen LogP contribution in [0.5, 0.6) is 0 Å². The van der Waals surface area contributed by atoms with Gasteiger partial charge in [-0.15, -0.1) is 0 Å². The summed E-state index contributed by atoms with van der Waals surface area (Å²) in [6.07, 6.45) is 4.86. The van der Waals surface area contributed by atoms with E-state index in [9.17, 15) is 0 Å². The lowest BCUT2D eigenvalue weighted by Gasteiger charge is -1.95. The van der Waals surface area contributed by atoms with Crippen LogP contribution in [0.3, 0.4) is 0 Å². The van der Waals surface area contributed by atoms with Crippen molar-refractivity contribution >= 4 is 6.21 Å². The third kappa shape index (κ3) is 9.39. The number of unbranched alkanes of at least 4 members (excludes halogenated alkanes) is 2. The van der Waals surface area contributed by atoms with Gasteiger partial charge in [0.2, 0.25) is 0 Å². The quantitative estimate of drug-likeness (QED) is 0.336. The van der Waals surface area contributed by atoms with Gasteiger partial charge in [-0.3, -0.25) is 0 Å². The highest BCUT2D eigenvalue weighted by Crippen LogP contribution is 1.92. The number of nitrogens with zero attached hydrogens (tertiary/aromatic N) is 1. The molecule has 0 aliphatic heterocycles. The zero-order valence-corrected chi connectivity index (χ0v) is 7.66. The second-order valence-corrected chi connectivity index (χ2v) is 2.40. The van der Waals surface area contributed by atoms with E-state index in [0.29, 0.717) is 13.2 Å². The molecule has 0 aromatic rings. The van der Waals surface area contributed by atoms with Crippen LogP contribution >= 0.6 is 0 Å². The van der Waals surface area contributed by atoms with Gasteiger partial charge in [-0.2, -0.15) is 0 Å². The summed E-state index contributed by atoms with van der Waals surface area (Å²) in [5.74, 6) is 0. The van der Waals surface area contributed by atoms with E-state index in [-0.39, 0.29) is 0 Å². The summed E-state index contributed by atoms with van der Waals surface area (Å²) < 4.78 is 4.89. The summed E-state index contributed by atoms with van der Waals surface area (Å²) in [7, 11) is 1.71. The molecule has 4 heteroatoms. The maximum atomic E-state index is 5.19. The van der Waals surface area contributed by atoms with Gasteiger partial charge in [0.05, 0.1) is 0 Å². The van der Waals surface area contributed by atoms with Gasteiger partial charge in [-0.1, -0.05) is 5.16 Å². The Morgan fingerprint density at radius 2 is 2.17 bits per heavy atom. The predicted octanol–water partition coefficient (Wildman–Crippen LogP) is 0.764. The maximum absolute atomic E-state index is 5.19. The number of methoxy groups -OCH3 is 1. The SMILES string of the molecule is COCCCC/C=N/OCCN. The molecule has 0 fully saturated rings. The van der Waals surface area contributed by atoms with Crippen molar-refractivity contribution in [2.24, 2.45) is 10.9 Å². The highest BCUT2D eigenvalue weighted by atomic mass is 16.6. The number of oxime groups is 1. The van der Waals surface area contributed by atoms with Gasteiger partial charge < -0.3 is 15.3 Å². The van der Waals surface area contributed by atoms with Crippen molar-refractivity contribution in [3.63, 3.8) is 0 Å². The van der Waals surface area contributed by atoms with Crippen LogP contribution in [0.2, 0.25) is 0 Å². The highest BCUT2D eigenvalue weighted by molar-refractivity contribution is 5.56. The summed E-state index contributed by atoms with van der Waals surface area (Å²) in [5.41, 5.74) is 5.19. The first-order valence-electron chi connectivity index (χ1n) is 4.24. The van der Waals surface area contributed by atoms with E-state index >= 15 is 0 Å². The Morgan fingerprint density at radius 3 is 2.83 bits per heavy atom. The first kappa shape index (κ1) is 11.4. The van der Waals surface area contributed by atoms with Crippen molar-refractivity contribution in [1.29, 1.82) is 0 Å². The molecule has 4 nitrogen and oxygen atoms in total. The Morgan fingerprint density at radius 1 is 1.33 bits per heavy atom. The summed E-state index contributed by atoms with van der Waals surface area (Å²) in [6, 6.07) is 0. The zero-order chi connectivity index (χ0) is 9.07. The molecule has 0 atom stereocenters. The molecule has 0 unspecified atom stereocenters. The molecule has 0 spiro atoms. The van der Waals surface area contributed by atoms with Crippen LogP contribution in [0, 0.1) is 0 Å². The van der Waals surface area contributed by atoms with Crippen molar-refractivity contribution in [1.82, 2.24) is 0 Å². The van der Waals surface area contributed by atoms with Crippen LogP contribution in [0.25, 0.3) is 0 Å². The Balaban J connectivity index is 2.92. The minimum Gasteiger partial charge on any atom is -0.395 e. The molecular formula is C8H18N2O2. The lowest BCUT2D eigenvalue weighted by atomic mass is 10.2. The number of hydrogen-bond donors (Lipinski definition) is 1. The minimum atomic E-state index is 0.495. The average Bonchev–Trinajstić information content (AvgIpc) is 2.10. The molecule has 0 rings (SSSR count). The third-order valence-electron chi connectivity index (χ3n) is 1.29. The van der Waals surface area contributed by atoms with Gasteiger partial charge in [-0.25, -0.2) is 0 Å². The number of hydrogen-bond acceptors (Lipinski definition) is 4. The topological polar surface area (TPSA) is 56.8 Å². The number of ether oxygens (including phenoxy) is 1. The van der Waals surface area contributed by atoms with E-state index in [1.807, 2.05) is 0 Å². The standard InChI is InChI=1S/C8H18N2O2/c1-11-7-4-2-3-6-10-12-8-5-9/h6H,2-5,7-9H2,1H3/b10-6+. The second kappa shape index (κ2) is 10.4. The molecule has 72 valence electrons. The van der Waals surface area contributed by atoms with Gasteiger partial charge in [0, 0.05) is 26.5 Å². The van der Waals surface area contributed by atoms with Crippen LogP contribution in [0.1, 0.15) is 19.3 Å². The van der Waals surface area contributed by atoms with Crippen molar-refractivity contribution < 1.29 is 9.57 Å². The molecule has 2 N–H and O–H groups in total. The van der Waals surface area contributed by atoms with E-state index in [1.165, 1.54) is 0 Å². The summed E-state index contributed by atoms with van der Waals surface area (Å²) in [5, 5.41) is 3.71. The van der Waals surface area contributed by atoms with E-state index in [1.54, 1.807) is 13.3 Å². The van der Waals surface area contributed by atoms with Crippen LogP contribution in [0.15, 0.2) is 5.16 Å². The summed E-state index contributed by atoms with van der Waals surface area (Å²) >= 11 is 0. The van der Waals surface area contributed by atoms with Crippen molar-refractivity contribution in [2.75, 3.05) is 26.9 Å². The van der Waals surface area contributed by atoms with Gasteiger partial charge in [0.25, 0.3) is 0 Å². The summed E-state index contributed by atoms with van der Waals surface area (Å²) in [4.78, 5) is 4.80. The molecule has 0 aromatic carbocycles. The lowest BCUT2D eigenvalue weighted by Crippen LogP contribution is -2.05. The molecular weight excluding hydrogens is 156 g/mol. The smallest absolute Gasteiger partial charge is 0.129 e. The zero-order valence-electron chi connectivity index (χ0n) is 7.66. The second-order valence-electron chi connectivity index (χ2n) is 2.40. The van der Waals surface area contributed by atoms with Crippen LogP contribution < -0.4 is 5.73 Å². The Bertz CT molecular complexity index is 107. The largest absolute Gasteiger partial charge is 0.395 e. The number of rotatable bonds is 8. The van der Waals surface area contributed by atoms with Crippen LogP contribution in [0.4, 0.5) is 0 Å². The van der Waals surface area contributed by atoms with E-state index in [2.05, 4.69) is 5.16 Å². The third-order valence-corrected chi connectivity index (χ3v) is 1.29.